The second-order valence-electron chi connectivity index (χ2n) is 14.0. The summed E-state index contributed by atoms with van der Waals surface area (Å²) in [6, 6.07) is 25.4. The summed E-state index contributed by atoms with van der Waals surface area (Å²) >= 11 is 0. The fraction of sp³-hybridized carbons (Fsp3) is 0.436. The summed E-state index contributed by atoms with van der Waals surface area (Å²) in [5.41, 5.74) is 7.51. The first-order valence-electron chi connectivity index (χ1n) is 16.9. The van der Waals surface area contributed by atoms with Crippen LogP contribution in [0.15, 0.2) is 91.0 Å². The molecule has 0 saturated carbocycles. The molecule has 6 N–H and O–H groups in total. The second kappa shape index (κ2) is 18.7. The van der Waals surface area contributed by atoms with Crippen LogP contribution in [0.4, 0.5) is 4.79 Å². The number of carbonyl (C=O) groups excluding carboxylic acids is 4. The molecular weight excluding hydrogens is 620 g/mol. The first kappa shape index (κ1) is 38.7. The number of carbonyl (C=O) groups is 4. The number of nitrogens with one attached hydrogen (secondary N) is 3. The monoisotopic (exact) mass is 672 g/mol. The number of aliphatic hydroxyl groups is 1. The van der Waals surface area contributed by atoms with Crippen molar-refractivity contribution >= 4 is 23.8 Å². The fourth-order valence-corrected chi connectivity index (χ4v) is 5.59. The van der Waals surface area contributed by atoms with Crippen molar-refractivity contribution in [2.24, 2.45) is 17.6 Å². The van der Waals surface area contributed by atoms with Crippen LogP contribution in [0.5, 0.6) is 0 Å². The Morgan fingerprint density at radius 2 is 1.14 bits per heavy atom. The molecule has 0 spiro atoms. The minimum Gasteiger partial charge on any atom is -0.444 e. The van der Waals surface area contributed by atoms with Crippen LogP contribution < -0.4 is 21.7 Å². The lowest BCUT2D eigenvalue weighted by Crippen LogP contribution is -2.55. The van der Waals surface area contributed by atoms with E-state index in [-0.39, 0.29) is 25.2 Å². The third-order valence-corrected chi connectivity index (χ3v) is 7.97. The van der Waals surface area contributed by atoms with Crippen molar-refractivity contribution in [3.05, 3.63) is 108 Å². The lowest BCUT2D eigenvalue weighted by molar-refractivity contribution is -0.133. The number of primary amides is 1. The molecule has 10 heteroatoms. The number of hydrogen-bond donors (Lipinski definition) is 5. The number of ether oxygens (including phenoxy) is 1. The van der Waals surface area contributed by atoms with Gasteiger partial charge in [-0.3, -0.25) is 14.4 Å². The van der Waals surface area contributed by atoms with Gasteiger partial charge in [-0.1, -0.05) is 105 Å². The number of amides is 4. The molecule has 0 heterocycles. The van der Waals surface area contributed by atoms with E-state index in [9.17, 15) is 24.3 Å². The maximum atomic E-state index is 14.1. The SMILES string of the molecule is CC(C)CC(NC(=O)[C@H](Cc1ccccc1)CC(O)[C@H](Cc1ccccc1)NC(=O)OC(C)(C)C)C(=O)NC(Cc1ccccc1)C(N)=O. The van der Waals surface area contributed by atoms with Crippen molar-refractivity contribution in [2.75, 3.05) is 0 Å². The largest absolute Gasteiger partial charge is 0.444 e. The molecule has 0 aromatic heterocycles. The molecule has 3 aromatic carbocycles. The Labute approximate surface area is 290 Å². The zero-order valence-corrected chi connectivity index (χ0v) is 29.2. The van der Waals surface area contributed by atoms with Crippen LogP contribution in [0.3, 0.4) is 0 Å². The minimum atomic E-state index is -1.14. The van der Waals surface area contributed by atoms with Crippen LogP contribution >= 0.6 is 0 Å². The van der Waals surface area contributed by atoms with Crippen LogP contribution in [0.25, 0.3) is 0 Å². The normalized spacial score (nSPS) is 14.5. The van der Waals surface area contributed by atoms with Gasteiger partial charge in [-0.25, -0.2) is 4.79 Å². The average molecular weight is 673 g/mol. The summed E-state index contributed by atoms with van der Waals surface area (Å²) in [6.45, 7) is 9.14. The van der Waals surface area contributed by atoms with E-state index in [1.54, 1.807) is 20.8 Å². The highest BCUT2D eigenvalue weighted by Crippen LogP contribution is 2.20. The summed E-state index contributed by atoms with van der Waals surface area (Å²) in [5.74, 6) is -2.37. The lowest BCUT2D eigenvalue weighted by atomic mass is 9.88. The van der Waals surface area contributed by atoms with Crippen molar-refractivity contribution < 1.29 is 29.0 Å². The maximum Gasteiger partial charge on any atom is 0.407 e. The lowest BCUT2D eigenvalue weighted by Gasteiger charge is -2.30. The van der Waals surface area contributed by atoms with Gasteiger partial charge in [0.1, 0.15) is 17.7 Å². The predicted molar refractivity (Wildman–Crippen MR) is 190 cm³/mol. The zero-order valence-electron chi connectivity index (χ0n) is 29.2. The van der Waals surface area contributed by atoms with Crippen LogP contribution in [0, 0.1) is 11.8 Å². The highest BCUT2D eigenvalue weighted by atomic mass is 16.6. The van der Waals surface area contributed by atoms with Crippen molar-refractivity contribution in [1.29, 1.82) is 0 Å². The summed E-state index contributed by atoms with van der Waals surface area (Å²) in [6.07, 6.45) is -0.731. The molecule has 264 valence electrons. The Morgan fingerprint density at radius 3 is 1.61 bits per heavy atom. The molecule has 0 radical (unpaired) electrons. The third-order valence-electron chi connectivity index (χ3n) is 7.97. The number of aliphatic hydroxyl groups excluding tert-OH is 1. The van der Waals surface area contributed by atoms with E-state index < -0.39 is 59.6 Å². The van der Waals surface area contributed by atoms with Crippen LogP contribution in [0.1, 0.15) is 64.2 Å². The van der Waals surface area contributed by atoms with Crippen molar-refractivity contribution in [2.45, 2.75) is 96.6 Å². The Balaban J connectivity index is 1.85. The first-order valence-corrected chi connectivity index (χ1v) is 16.9. The van der Waals surface area contributed by atoms with Gasteiger partial charge in [-0.2, -0.15) is 0 Å². The van der Waals surface area contributed by atoms with Gasteiger partial charge in [0.25, 0.3) is 0 Å². The van der Waals surface area contributed by atoms with Gasteiger partial charge in [0.05, 0.1) is 12.1 Å². The molecule has 3 aromatic rings. The molecule has 0 saturated heterocycles. The van der Waals surface area contributed by atoms with Crippen LogP contribution in [-0.2, 0) is 38.4 Å². The predicted octanol–water partition coefficient (Wildman–Crippen LogP) is 4.48. The molecule has 0 fully saturated rings. The Bertz CT molecular complexity index is 1480. The standard InChI is InChI=1S/C39H52N4O6/c1-26(2)21-33(37(47)41-32(35(40)45)24-29-19-13-8-14-20-29)42-36(46)30(22-27-15-9-6-10-16-27)25-34(44)31(23-28-17-11-7-12-18-28)43-38(48)49-39(3,4)5/h6-20,26,30-34,44H,21-25H2,1-5H3,(H2,40,45)(H,41,47)(H,42,46)(H,43,48)/t30-,31+,32?,33?,34?/m1/s1. The van der Waals surface area contributed by atoms with Crippen molar-refractivity contribution in [3.63, 3.8) is 0 Å². The Morgan fingerprint density at radius 1 is 0.673 bits per heavy atom. The van der Waals surface area contributed by atoms with Crippen LogP contribution in [-0.4, -0.2) is 58.8 Å². The number of rotatable bonds is 17. The van der Waals surface area contributed by atoms with Gasteiger partial charge in [0.2, 0.25) is 17.7 Å². The molecular formula is C39H52N4O6. The van der Waals surface area contributed by atoms with E-state index in [4.69, 9.17) is 10.5 Å². The molecule has 0 aliphatic carbocycles. The van der Waals surface area contributed by atoms with Gasteiger partial charge < -0.3 is 31.5 Å². The summed E-state index contributed by atoms with van der Waals surface area (Å²) < 4.78 is 5.49. The smallest absolute Gasteiger partial charge is 0.407 e. The molecule has 10 nitrogen and oxygen atoms in total. The van der Waals surface area contributed by atoms with Gasteiger partial charge in [-0.15, -0.1) is 0 Å². The van der Waals surface area contributed by atoms with Crippen molar-refractivity contribution in [3.8, 4) is 0 Å². The average Bonchev–Trinajstić information content (AvgIpc) is 3.03. The van der Waals surface area contributed by atoms with E-state index in [2.05, 4.69) is 16.0 Å². The minimum absolute atomic E-state index is 0.0119. The molecule has 5 atom stereocenters. The highest BCUT2D eigenvalue weighted by Gasteiger charge is 2.33. The van der Waals surface area contributed by atoms with Gasteiger partial charge in [-0.05, 0) is 69.1 Å². The van der Waals surface area contributed by atoms with E-state index in [0.717, 1.165) is 16.7 Å². The van der Waals surface area contributed by atoms with Crippen LogP contribution in [0.2, 0.25) is 0 Å². The quantitative estimate of drug-likeness (QED) is 0.142. The molecule has 3 unspecified atom stereocenters. The molecule has 49 heavy (non-hydrogen) atoms. The Kier molecular flexibility index (Phi) is 14.8. The van der Waals surface area contributed by atoms with E-state index >= 15 is 0 Å². The molecule has 0 bridgehead atoms. The number of benzene rings is 3. The van der Waals surface area contributed by atoms with E-state index in [1.807, 2.05) is 105 Å². The number of alkyl carbamates (subject to hydrolysis) is 1. The highest BCUT2D eigenvalue weighted by molar-refractivity contribution is 5.92. The zero-order chi connectivity index (χ0) is 36.0. The second-order valence-corrected chi connectivity index (χ2v) is 14.0. The Hall–Kier alpha value is -4.70. The third kappa shape index (κ3) is 14.1. The fourth-order valence-electron chi connectivity index (χ4n) is 5.59. The summed E-state index contributed by atoms with van der Waals surface area (Å²) in [7, 11) is 0. The molecule has 3 rings (SSSR count). The number of nitrogens with two attached hydrogens (primary N) is 1. The molecule has 0 aliphatic heterocycles. The van der Waals surface area contributed by atoms with E-state index in [1.165, 1.54) is 0 Å². The van der Waals surface area contributed by atoms with Gasteiger partial charge in [0.15, 0.2) is 0 Å². The maximum absolute atomic E-state index is 14.1. The number of hydrogen-bond acceptors (Lipinski definition) is 6. The molecule has 0 aliphatic rings. The summed E-state index contributed by atoms with van der Waals surface area (Å²) in [5, 5.41) is 20.1. The first-order chi connectivity index (χ1) is 23.2. The van der Waals surface area contributed by atoms with Crippen molar-refractivity contribution in [1.82, 2.24) is 16.0 Å². The topological polar surface area (TPSA) is 160 Å². The van der Waals surface area contributed by atoms with E-state index in [0.29, 0.717) is 12.8 Å². The summed E-state index contributed by atoms with van der Waals surface area (Å²) in [4.78, 5) is 52.9. The van der Waals surface area contributed by atoms with Gasteiger partial charge in [0, 0.05) is 12.3 Å². The van der Waals surface area contributed by atoms with Gasteiger partial charge >= 0.3 is 6.09 Å². The molecule has 4 amide bonds.